The number of aromatic nitrogens is 4. The summed E-state index contributed by atoms with van der Waals surface area (Å²) in [5, 5.41) is 0. The minimum atomic E-state index is -0.360. The Morgan fingerprint density at radius 3 is 2.47 bits per heavy atom. The van der Waals surface area contributed by atoms with Gasteiger partial charge in [-0.15, -0.1) is 0 Å². The van der Waals surface area contributed by atoms with Crippen LogP contribution in [0.2, 0.25) is 0 Å². The molecule has 0 aliphatic heterocycles. The van der Waals surface area contributed by atoms with E-state index in [-0.39, 0.29) is 17.4 Å². The summed E-state index contributed by atoms with van der Waals surface area (Å²) in [6.07, 6.45) is 2.56. The number of carbonyl (C=O) groups is 1. The third-order valence-electron chi connectivity index (χ3n) is 5.30. The number of nitrogens with zero attached hydrogens (tertiary/aromatic N) is 5. The summed E-state index contributed by atoms with van der Waals surface area (Å²) in [6.45, 7) is 5.42. The minimum absolute atomic E-state index is 0.179. The molecule has 0 spiro atoms. The number of rotatable bonds is 5. The number of ether oxygens (including phenoxy) is 1. The van der Waals surface area contributed by atoms with Gasteiger partial charge in [-0.05, 0) is 48.9 Å². The number of carbonyl (C=O) groups excluding carboxylic acids is 1. The van der Waals surface area contributed by atoms with Crippen molar-refractivity contribution in [3.05, 3.63) is 77.5 Å². The van der Waals surface area contributed by atoms with Crippen LogP contribution >= 0.6 is 0 Å². The SMILES string of the molecule is C=CC(=O)N(C)c1ccc(-n2c(=O)n(-c3ccc(C)c(OC)c3)c3c(N)ncnc32)cc1. The Morgan fingerprint density at radius 1 is 1.12 bits per heavy atom. The first-order chi connectivity index (χ1) is 15.4. The lowest BCUT2D eigenvalue weighted by molar-refractivity contribution is -0.113. The first kappa shape index (κ1) is 20.9. The molecule has 2 aromatic heterocycles. The van der Waals surface area contributed by atoms with Gasteiger partial charge in [0.1, 0.15) is 17.6 Å². The lowest BCUT2D eigenvalue weighted by atomic mass is 10.2. The van der Waals surface area contributed by atoms with E-state index in [4.69, 9.17) is 10.5 Å². The first-order valence-corrected chi connectivity index (χ1v) is 9.77. The second kappa shape index (κ2) is 8.03. The van der Waals surface area contributed by atoms with Crippen molar-refractivity contribution in [3.63, 3.8) is 0 Å². The molecule has 9 heteroatoms. The van der Waals surface area contributed by atoms with E-state index in [1.54, 1.807) is 44.5 Å². The van der Waals surface area contributed by atoms with E-state index < -0.39 is 0 Å². The number of nitrogens with two attached hydrogens (primary N) is 1. The Hall–Kier alpha value is -4.40. The normalized spacial score (nSPS) is 10.8. The van der Waals surface area contributed by atoms with Gasteiger partial charge in [-0.2, -0.15) is 0 Å². The van der Waals surface area contributed by atoms with Gasteiger partial charge in [-0.3, -0.25) is 9.36 Å². The largest absolute Gasteiger partial charge is 0.496 e. The third-order valence-corrected chi connectivity index (χ3v) is 5.30. The van der Waals surface area contributed by atoms with Gasteiger partial charge < -0.3 is 15.4 Å². The lowest BCUT2D eigenvalue weighted by Gasteiger charge is -2.15. The summed E-state index contributed by atoms with van der Waals surface area (Å²) in [4.78, 5) is 35.3. The summed E-state index contributed by atoms with van der Waals surface area (Å²) in [6, 6.07) is 12.4. The highest BCUT2D eigenvalue weighted by Crippen LogP contribution is 2.27. The van der Waals surface area contributed by atoms with Crippen molar-refractivity contribution in [2.45, 2.75) is 6.92 Å². The predicted octanol–water partition coefficient (Wildman–Crippen LogP) is 2.62. The van der Waals surface area contributed by atoms with Gasteiger partial charge in [-0.1, -0.05) is 12.6 Å². The van der Waals surface area contributed by atoms with Crippen molar-refractivity contribution in [1.82, 2.24) is 19.1 Å². The maximum atomic E-state index is 13.6. The number of nitrogen functional groups attached to an aromatic ring is 1. The predicted molar refractivity (Wildman–Crippen MR) is 124 cm³/mol. The summed E-state index contributed by atoms with van der Waals surface area (Å²) < 4.78 is 8.34. The Kier molecular flexibility index (Phi) is 5.23. The van der Waals surface area contributed by atoms with Crippen molar-refractivity contribution in [2.24, 2.45) is 0 Å². The number of amides is 1. The summed E-state index contributed by atoms with van der Waals surface area (Å²) >= 11 is 0. The van der Waals surface area contributed by atoms with Crippen LogP contribution in [-0.4, -0.2) is 39.2 Å². The van der Waals surface area contributed by atoms with Gasteiger partial charge in [0.15, 0.2) is 11.5 Å². The molecule has 9 nitrogen and oxygen atoms in total. The van der Waals surface area contributed by atoms with Crippen LogP contribution in [0.15, 0.2) is 66.2 Å². The van der Waals surface area contributed by atoms with Crippen molar-refractivity contribution in [1.29, 1.82) is 0 Å². The second-order valence-corrected chi connectivity index (χ2v) is 7.16. The molecule has 0 bridgehead atoms. The smallest absolute Gasteiger partial charge is 0.339 e. The molecule has 0 saturated carbocycles. The van der Waals surface area contributed by atoms with E-state index in [0.29, 0.717) is 34.0 Å². The molecule has 32 heavy (non-hydrogen) atoms. The molecule has 0 fully saturated rings. The highest BCUT2D eigenvalue weighted by atomic mass is 16.5. The molecule has 0 aliphatic carbocycles. The number of aryl methyl sites for hydroxylation is 1. The fourth-order valence-electron chi connectivity index (χ4n) is 3.56. The van der Waals surface area contributed by atoms with Crippen LogP contribution in [0, 0.1) is 6.92 Å². The van der Waals surface area contributed by atoms with E-state index in [0.717, 1.165) is 5.56 Å². The topological polar surface area (TPSA) is 108 Å². The molecular weight excluding hydrogens is 408 g/mol. The molecule has 2 heterocycles. The molecule has 0 radical (unpaired) electrons. The summed E-state index contributed by atoms with van der Waals surface area (Å²) in [7, 11) is 3.22. The van der Waals surface area contributed by atoms with Crippen molar-refractivity contribution < 1.29 is 9.53 Å². The lowest BCUT2D eigenvalue weighted by Crippen LogP contribution is -2.24. The van der Waals surface area contributed by atoms with Gasteiger partial charge in [0.25, 0.3) is 0 Å². The zero-order chi connectivity index (χ0) is 23.0. The molecule has 0 aliphatic rings. The molecule has 1 amide bonds. The van der Waals surface area contributed by atoms with Crippen LogP contribution < -0.4 is 21.1 Å². The number of likely N-dealkylation sites (N-methyl/N-ethyl adjacent to an activating group) is 1. The highest BCUT2D eigenvalue weighted by molar-refractivity contribution is 6.00. The third kappa shape index (κ3) is 3.29. The van der Waals surface area contributed by atoms with Crippen molar-refractivity contribution in [3.8, 4) is 17.1 Å². The highest BCUT2D eigenvalue weighted by Gasteiger charge is 2.21. The molecule has 0 saturated heterocycles. The molecule has 4 rings (SSSR count). The molecule has 162 valence electrons. The number of anilines is 2. The van der Waals surface area contributed by atoms with Gasteiger partial charge in [0.2, 0.25) is 5.91 Å². The molecule has 4 aromatic rings. The van der Waals surface area contributed by atoms with Crippen LogP contribution in [0.25, 0.3) is 22.5 Å². The van der Waals surface area contributed by atoms with Crippen LogP contribution in [-0.2, 0) is 4.79 Å². The monoisotopic (exact) mass is 430 g/mol. The van der Waals surface area contributed by atoms with Crippen molar-refractivity contribution >= 4 is 28.6 Å². The minimum Gasteiger partial charge on any atom is -0.496 e. The summed E-state index contributed by atoms with van der Waals surface area (Å²) in [5.41, 5.74) is 9.30. The fourth-order valence-corrected chi connectivity index (χ4v) is 3.56. The van der Waals surface area contributed by atoms with E-state index in [9.17, 15) is 9.59 Å². The van der Waals surface area contributed by atoms with E-state index in [1.165, 1.54) is 26.4 Å². The van der Waals surface area contributed by atoms with Gasteiger partial charge >= 0.3 is 5.69 Å². The molecule has 2 aromatic carbocycles. The number of hydrogen-bond acceptors (Lipinski definition) is 6. The Labute approximate surface area is 184 Å². The maximum Gasteiger partial charge on any atom is 0.339 e. The number of methoxy groups -OCH3 is 1. The maximum absolute atomic E-state index is 13.6. The van der Waals surface area contributed by atoms with Crippen LogP contribution in [0.1, 0.15) is 5.56 Å². The zero-order valence-corrected chi connectivity index (χ0v) is 17.9. The van der Waals surface area contributed by atoms with Gasteiger partial charge in [-0.25, -0.2) is 19.3 Å². The fraction of sp³-hybridized carbons (Fsp3) is 0.130. The quantitative estimate of drug-likeness (QED) is 0.488. The molecule has 0 unspecified atom stereocenters. The van der Waals surface area contributed by atoms with Crippen LogP contribution in [0.5, 0.6) is 5.75 Å². The molecule has 2 N–H and O–H groups in total. The number of benzene rings is 2. The second-order valence-electron chi connectivity index (χ2n) is 7.16. The number of fused-ring (bicyclic) bond motifs is 1. The molecular formula is C23H22N6O3. The van der Waals surface area contributed by atoms with E-state index in [2.05, 4.69) is 16.5 Å². The average Bonchev–Trinajstić information content (AvgIpc) is 3.11. The Morgan fingerprint density at radius 2 is 1.81 bits per heavy atom. The summed E-state index contributed by atoms with van der Waals surface area (Å²) in [5.74, 6) is 0.587. The van der Waals surface area contributed by atoms with Gasteiger partial charge in [0.05, 0.1) is 18.5 Å². The molecule has 0 atom stereocenters. The number of hydrogen-bond donors (Lipinski definition) is 1. The first-order valence-electron chi connectivity index (χ1n) is 9.77. The Bertz CT molecular complexity index is 1400. The average molecular weight is 430 g/mol. The van der Waals surface area contributed by atoms with Crippen LogP contribution in [0.4, 0.5) is 11.5 Å². The zero-order valence-electron chi connectivity index (χ0n) is 17.9. The van der Waals surface area contributed by atoms with Crippen LogP contribution in [0.3, 0.4) is 0 Å². The standard InChI is InChI=1S/C23H22N6O3/c1-5-19(30)27(3)15-8-10-16(11-9-15)29-22-20(21(24)25-13-26-22)28(23(29)31)17-7-6-14(2)18(12-17)32-4/h5-13H,1H2,2-4H3,(H2,24,25,26). The Balaban J connectivity index is 1.94. The van der Waals surface area contributed by atoms with Crippen molar-refractivity contribution in [2.75, 3.05) is 24.8 Å². The van der Waals surface area contributed by atoms with Gasteiger partial charge in [0, 0.05) is 18.8 Å². The number of imidazole rings is 1. The van der Waals surface area contributed by atoms with E-state index >= 15 is 0 Å². The van der Waals surface area contributed by atoms with E-state index in [1.807, 2.05) is 19.1 Å².